The zero-order valence-corrected chi connectivity index (χ0v) is 20.2. The molecule has 10 heteroatoms. The van der Waals surface area contributed by atoms with Crippen LogP contribution in [-0.2, 0) is 19.6 Å². The Balaban J connectivity index is 1.24. The van der Waals surface area contributed by atoms with E-state index in [1.807, 2.05) is 6.92 Å². The van der Waals surface area contributed by atoms with Gasteiger partial charge in [0.15, 0.2) is 12.4 Å². The Labute approximate surface area is 203 Å². The summed E-state index contributed by atoms with van der Waals surface area (Å²) in [6, 6.07) is 10.6. The Morgan fingerprint density at radius 3 is 2.29 bits per heavy atom. The van der Waals surface area contributed by atoms with E-state index in [1.165, 1.54) is 28.6 Å². The van der Waals surface area contributed by atoms with Crippen LogP contribution in [0.1, 0.15) is 62.3 Å². The number of sulfonamides is 1. The minimum absolute atomic E-state index is 0.0628. The number of ketones is 1. The molecular formula is C25H26N2O7S. The quantitative estimate of drug-likeness (QED) is 0.296. The maximum Gasteiger partial charge on any atom is 0.306 e. The van der Waals surface area contributed by atoms with Gasteiger partial charge in [-0.15, -0.1) is 0 Å². The molecule has 2 aromatic carbocycles. The lowest BCUT2D eigenvalue weighted by molar-refractivity contribution is -0.142. The summed E-state index contributed by atoms with van der Waals surface area (Å²) in [4.78, 5) is 50.6. The first kappa shape index (κ1) is 24.7. The van der Waals surface area contributed by atoms with Crippen molar-refractivity contribution in [2.75, 3.05) is 26.2 Å². The highest BCUT2D eigenvalue weighted by Gasteiger charge is 2.35. The first-order chi connectivity index (χ1) is 16.7. The Kier molecular flexibility index (Phi) is 7.13. The zero-order valence-electron chi connectivity index (χ0n) is 19.4. The molecule has 0 radical (unpaired) electrons. The third-order valence-electron chi connectivity index (χ3n) is 6.13. The van der Waals surface area contributed by atoms with E-state index in [-0.39, 0.29) is 41.7 Å². The molecule has 4 rings (SSSR count). The highest BCUT2D eigenvalue weighted by Crippen LogP contribution is 2.24. The van der Waals surface area contributed by atoms with E-state index in [0.717, 1.165) is 23.3 Å². The van der Waals surface area contributed by atoms with Gasteiger partial charge in [0.2, 0.25) is 10.0 Å². The van der Waals surface area contributed by atoms with Gasteiger partial charge in [-0.05, 0) is 62.6 Å². The number of hydrogen-bond donors (Lipinski definition) is 0. The minimum atomic E-state index is -3.57. The van der Waals surface area contributed by atoms with Crippen molar-refractivity contribution in [3.05, 3.63) is 64.7 Å². The summed E-state index contributed by atoms with van der Waals surface area (Å²) in [5, 5.41) is 0. The predicted octanol–water partition coefficient (Wildman–Crippen LogP) is 2.58. The van der Waals surface area contributed by atoms with Gasteiger partial charge in [0, 0.05) is 31.6 Å². The standard InChI is InChI=1S/C25H26N2O7S/c1-17-6-11-20-21(15-17)25(31)27(24(20)30)14-4-5-23(29)34-16-22(28)18-7-9-19(10-8-18)35(32,33)26-12-2-3-13-26/h6-11,15H,2-5,12-14,16H2,1H3. The summed E-state index contributed by atoms with van der Waals surface area (Å²) >= 11 is 0. The molecule has 9 nitrogen and oxygen atoms in total. The van der Waals surface area contributed by atoms with Crippen molar-refractivity contribution in [3.63, 3.8) is 0 Å². The summed E-state index contributed by atoms with van der Waals surface area (Å²) in [6.45, 7) is 2.41. The Bertz CT molecular complexity index is 1280. The molecule has 1 fully saturated rings. The van der Waals surface area contributed by atoms with E-state index >= 15 is 0 Å². The fraction of sp³-hybridized carbons (Fsp3) is 0.360. The minimum Gasteiger partial charge on any atom is -0.457 e. The van der Waals surface area contributed by atoms with Gasteiger partial charge in [-0.3, -0.25) is 24.1 Å². The number of nitrogens with zero attached hydrogens (tertiary/aromatic N) is 2. The Morgan fingerprint density at radius 1 is 0.943 bits per heavy atom. The Morgan fingerprint density at radius 2 is 1.60 bits per heavy atom. The molecule has 0 aliphatic carbocycles. The maximum absolute atomic E-state index is 12.6. The van der Waals surface area contributed by atoms with Gasteiger partial charge in [-0.1, -0.05) is 11.6 Å². The molecule has 0 saturated carbocycles. The van der Waals surface area contributed by atoms with E-state index in [0.29, 0.717) is 24.2 Å². The van der Waals surface area contributed by atoms with E-state index in [9.17, 15) is 27.6 Å². The molecule has 1 saturated heterocycles. The summed E-state index contributed by atoms with van der Waals surface area (Å²) in [5.41, 5.74) is 1.83. The summed E-state index contributed by atoms with van der Waals surface area (Å²) in [5.74, 6) is -1.85. The molecule has 0 unspecified atom stereocenters. The molecule has 0 bridgehead atoms. The van der Waals surface area contributed by atoms with Gasteiger partial charge < -0.3 is 4.74 Å². The Hall–Kier alpha value is -3.37. The van der Waals surface area contributed by atoms with Crippen LogP contribution in [0.25, 0.3) is 0 Å². The van der Waals surface area contributed by atoms with Gasteiger partial charge >= 0.3 is 5.97 Å². The monoisotopic (exact) mass is 498 g/mol. The van der Waals surface area contributed by atoms with Crippen LogP contribution in [0.4, 0.5) is 0 Å². The number of esters is 1. The molecule has 184 valence electrons. The smallest absolute Gasteiger partial charge is 0.306 e. The molecule has 0 atom stereocenters. The van der Waals surface area contributed by atoms with Crippen LogP contribution < -0.4 is 0 Å². The average molecular weight is 499 g/mol. The average Bonchev–Trinajstić information content (AvgIpc) is 3.47. The van der Waals surface area contributed by atoms with E-state index < -0.39 is 28.4 Å². The molecule has 0 N–H and O–H groups in total. The van der Waals surface area contributed by atoms with Gasteiger partial charge in [0.05, 0.1) is 16.0 Å². The van der Waals surface area contributed by atoms with E-state index in [1.54, 1.807) is 18.2 Å². The second-order valence-corrected chi connectivity index (χ2v) is 10.6. The largest absolute Gasteiger partial charge is 0.457 e. The SMILES string of the molecule is Cc1ccc2c(c1)C(=O)N(CCCC(=O)OCC(=O)c1ccc(S(=O)(=O)N3CCCC3)cc1)C2=O. The molecule has 0 aromatic heterocycles. The third kappa shape index (κ3) is 5.18. The second-order valence-electron chi connectivity index (χ2n) is 8.63. The van der Waals surface area contributed by atoms with Gasteiger partial charge in [-0.2, -0.15) is 4.31 Å². The number of aryl methyl sites for hydroxylation is 1. The van der Waals surface area contributed by atoms with E-state index in [4.69, 9.17) is 4.74 Å². The van der Waals surface area contributed by atoms with Crippen molar-refractivity contribution >= 4 is 33.6 Å². The van der Waals surface area contributed by atoms with Crippen molar-refractivity contribution in [2.24, 2.45) is 0 Å². The zero-order chi connectivity index (χ0) is 25.2. The molecule has 0 spiro atoms. The van der Waals surface area contributed by atoms with Crippen molar-refractivity contribution in [1.82, 2.24) is 9.21 Å². The fourth-order valence-electron chi connectivity index (χ4n) is 4.18. The fourth-order valence-corrected chi connectivity index (χ4v) is 5.70. The second kappa shape index (κ2) is 10.1. The highest BCUT2D eigenvalue weighted by molar-refractivity contribution is 7.89. The molecular weight excluding hydrogens is 472 g/mol. The number of hydrogen-bond acceptors (Lipinski definition) is 7. The summed E-state index contributed by atoms with van der Waals surface area (Å²) in [6.07, 6.45) is 1.81. The number of benzene rings is 2. The van der Waals surface area contributed by atoms with Gasteiger partial charge in [0.1, 0.15) is 0 Å². The number of amides is 2. The molecule has 2 aliphatic rings. The number of Topliss-reactive ketones (excluding diaryl/α,β-unsaturated/α-hetero) is 1. The molecule has 2 heterocycles. The lowest BCUT2D eigenvalue weighted by Crippen LogP contribution is -2.31. The number of rotatable bonds is 9. The van der Waals surface area contributed by atoms with Crippen LogP contribution in [0.2, 0.25) is 0 Å². The first-order valence-electron chi connectivity index (χ1n) is 11.4. The van der Waals surface area contributed by atoms with E-state index in [2.05, 4.69) is 0 Å². The van der Waals surface area contributed by atoms with Crippen LogP contribution >= 0.6 is 0 Å². The number of ether oxygens (including phenoxy) is 1. The van der Waals surface area contributed by atoms with Crippen molar-refractivity contribution in [1.29, 1.82) is 0 Å². The van der Waals surface area contributed by atoms with Crippen LogP contribution in [0.15, 0.2) is 47.4 Å². The lowest BCUT2D eigenvalue weighted by Gasteiger charge is -2.15. The van der Waals surface area contributed by atoms with Crippen LogP contribution in [-0.4, -0.2) is 67.4 Å². The topological polar surface area (TPSA) is 118 Å². The lowest BCUT2D eigenvalue weighted by atomic mass is 10.1. The number of imide groups is 1. The normalized spacial score (nSPS) is 16.0. The van der Waals surface area contributed by atoms with Crippen molar-refractivity contribution in [2.45, 2.75) is 37.5 Å². The molecule has 35 heavy (non-hydrogen) atoms. The molecule has 2 aromatic rings. The highest BCUT2D eigenvalue weighted by atomic mass is 32.2. The third-order valence-corrected chi connectivity index (χ3v) is 8.05. The van der Waals surface area contributed by atoms with Gasteiger partial charge in [0.25, 0.3) is 11.8 Å². The summed E-state index contributed by atoms with van der Waals surface area (Å²) < 4.78 is 31.6. The van der Waals surface area contributed by atoms with Crippen molar-refractivity contribution < 1.29 is 32.3 Å². The first-order valence-corrected chi connectivity index (χ1v) is 12.9. The summed E-state index contributed by atoms with van der Waals surface area (Å²) in [7, 11) is -3.57. The predicted molar refractivity (Wildman–Crippen MR) is 126 cm³/mol. The van der Waals surface area contributed by atoms with Crippen LogP contribution in [0.3, 0.4) is 0 Å². The molecule has 2 amide bonds. The number of fused-ring (bicyclic) bond motifs is 1. The number of carbonyl (C=O) groups excluding carboxylic acids is 4. The van der Waals surface area contributed by atoms with Crippen LogP contribution in [0, 0.1) is 6.92 Å². The maximum atomic E-state index is 12.6. The van der Waals surface area contributed by atoms with Gasteiger partial charge in [-0.25, -0.2) is 8.42 Å². The molecule has 2 aliphatic heterocycles. The number of carbonyl (C=O) groups is 4. The van der Waals surface area contributed by atoms with Crippen LogP contribution in [0.5, 0.6) is 0 Å². The van der Waals surface area contributed by atoms with Crippen molar-refractivity contribution in [3.8, 4) is 0 Å².